The molecule has 0 radical (unpaired) electrons. The molecule has 0 bridgehead atoms. The molecular formula is C20H20N2O3. The lowest BCUT2D eigenvalue weighted by atomic mass is 9.90. The van der Waals surface area contributed by atoms with Crippen LogP contribution in [-0.4, -0.2) is 48.4 Å². The van der Waals surface area contributed by atoms with Crippen molar-refractivity contribution in [3.05, 3.63) is 65.2 Å². The minimum absolute atomic E-state index is 0.0157. The molecule has 2 heterocycles. The van der Waals surface area contributed by atoms with E-state index in [2.05, 4.69) is 12.1 Å². The minimum Gasteiger partial charge on any atom is -0.497 e. The van der Waals surface area contributed by atoms with Crippen molar-refractivity contribution in [2.45, 2.75) is 12.5 Å². The molecule has 1 fully saturated rings. The zero-order chi connectivity index (χ0) is 17.4. The summed E-state index contributed by atoms with van der Waals surface area (Å²) in [7, 11) is 1.57. The van der Waals surface area contributed by atoms with E-state index >= 15 is 0 Å². The fourth-order valence-corrected chi connectivity index (χ4v) is 3.77. The number of benzene rings is 2. The van der Waals surface area contributed by atoms with E-state index in [1.807, 2.05) is 17.0 Å². The van der Waals surface area contributed by atoms with Crippen LogP contribution >= 0.6 is 0 Å². The molecule has 0 saturated carbocycles. The normalized spacial score (nSPS) is 19.2. The van der Waals surface area contributed by atoms with Gasteiger partial charge >= 0.3 is 0 Å². The summed E-state index contributed by atoms with van der Waals surface area (Å²) < 4.78 is 5.20. The fraction of sp³-hybridized carbons (Fsp3) is 0.300. The first-order valence-electron chi connectivity index (χ1n) is 8.48. The van der Waals surface area contributed by atoms with Crippen LogP contribution in [0.4, 0.5) is 0 Å². The van der Waals surface area contributed by atoms with Crippen molar-refractivity contribution in [2.75, 3.05) is 26.7 Å². The van der Waals surface area contributed by atoms with Crippen LogP contribution in [0.5, 0.6) is 5.75 Å². The second-order valence-corrected chi connectivity index (χ2v) is 6.47. The average Bonchev–Trinajstić information content (AvgIpc) is 2.67. The number of hydrogen-bond donors (Lipinski definition) is 0. The summed E-state index contributed by atoms with van der Waals surface area (Å²) in [5, 5.41) is 0. The Labute approximate surface area is 146 Å². The number of rotatable bonds is 2. The number of methoxy groups -OCH3 is 1. The first kappa shape index (κ1) is 15.7. The summed E-state index contributed by atoms with van der Waals surface area (Å²) in [5.74, 6) is 0.524. The summed E-state index contributed by atoms with van der Waals surface area (Å²) in [6, 6.07) is 15.2. The molecule has 25 heavy (non-hydrogen) atoms. The van der Waals surface area contributed by atoms with Crippen LogP contribution in [0.3, 0.4) is 0 Å². The molecule has 128 valence electrons. The Kier molecular flexibility index (Phi) is 3.92. The molecule has 0 aliphatic carbocycles. The van der Waals surface area contributed by atoms with Crippen LogP contribution in [0.2, 0.25) is 0 Å². The van der Waals surface area contributed by atoms with Crippen LogP contribution in [0, 0.1) is 0 Å². The van der Waals surface area contributed by atoms with Gasteiger partial charge in [0.15, 0.2) is 0 Å². The Balaban J connectivity index is 1.63. The third-order valence-electron chi connectivity index (χ3n) is 5.06. The van der Waals surface area contributed by atoms with Gasteiger partial charge in [-0.3, -0.25) is 9.59 Å². The summed E-state index contributed by atoms with van der Waals surface area (Å²) in [4.78, 5) is 29.1. The molecule has 0 aromatic heterocycles. The maximum absolute atomic E-state index is 12.9. The third-order valence-corrected chi connectivity index (χ3v) is 5.06. The van der Waals surface area contributed by atoms with Crippen molar-refractivity contribution in [1.82, 2.24) is 9.80 Å². The van der Waals surface area contributed by atoms with Gasteiger partial charge in [0.2, 0.25) is 5.91 Å². The highest BCUT2D eigenvalue weighted by Gasteiger charge is 2.38. The zero-order valence-corrected chi connectivity index (χ0v) is 14.1. The molecule has 5 nitrogen and oxygen atoms in total. The molecule has 4 rings (SSSR count). The van der Waals surface area contributed by atoms with Crippen molar-refractivity contribution >= 4 is 11.8 Å². The van der Waals surface area contributed by atoms with Gasteiger partial charge in [0.05, 0.1) is 13.2 Å². The van der Waals surface area contributed by atoms with E-state index in [4.69, 9.17) is 4.74 Å². The minimum atomic E-state index is -0.130. The van der Waals surface area contributed by atoms with Gasteiger partial charge in [-0.2, -0.15) is 0 Å². The van der Waals surface area contributed by atoms with E-state index in [1.165, 1.54) is 5.56 Å². The number of carbonyl (C=O) groups excluding carboxylic acids is 2. The Morgan fingerprint density at radius 1 is 1.16 bits per heavy atom. The molecule has 2 aliphatic rings. The van der Waals surface area contributed by atoms with Crippen molar-refractivity contribution in [3.63, 3.8) is 0 Å². The molecule has 0 unspecified atom stereocenters. The topological polar surface area (TPSA) is 49.9 Å². The predicted octanol–water partition coefficient (Wildman–Crippen LogP) is 2.28. The SMILES string of the molecule is COc1cccc(C(=O)N2CC(=O)N3CCc4ccccc4[C@@H]3C2)c1. The lowest BCUT2D eigenvalue weighted by Gasteiger charge is -2.44. The summed E-state index contributed by atoms with van der Waals surface area (Å²) in [6.07, 6.45) is 0.877. The van der Waals surface area contributed by atoms with E-state index in [-0.39, 0.29) is 24.4 Å². The summed E-state index contributed by atoms with van der Waals surface area (Å²) in [5.41, 5.74) is 2.97. The quantitative estimate of drug-likeness (QED) is 0.845. The standard InChI is InChI=1S/C20H20N2O3/c1-25-16-7-4-6-15(11-16)20(24)21-12-18-17-8-3-2-5-14(17)9-10-22(18)19(23)13-21/h2-8,11,18H,9-10,12-13H2,1H3/t18-/m0/s1. The Bertz CT molecular complexity index is 833. The van der Waals surface area contributed by atoms with E-state index in [0.717, 1.165) is 18.5 Å². The van der Waals surface area contributed by atoms with Crippen LogP contribution in [0.15, 0.2) is 48.5 Å². The van der Waals surface area contributed by atoms with Crippen LogP contribution < -0.4 is 4.74 Å². The molecule has 1 atom stereocenters. The molecular weight excluding hydrogens is 316 g/mol. The summed E-state index contributed by atoms with van der Waals surface area (Å²) >= 11 is 0. The number of fused-ring (bicyclic) bond motifs is 3. The average molecular weight is 336 g/mol. The highest BCUT2D eigenvalue weighted by atomic mass is 16.5. The van der Waals surface area contributed by atoms with Crippen molar-refractivity contribution in [3.8, 4) is 5.75 Å². The van der Waals surface area contributed by atoms with Gasteiger partial charge in [-0.15, -0.1) is 0 Å². The highest BCUT2D eigenvalue weighted by Crippen LogP contribution is 2.33. The zero-order valence-electron chi connectivity index (χ0n) is 14.1. The first-order chi connectivity index (χ1) is 12.2. The maximum atomic E-state index is 12.9. The van der Waals surface area contributed by atoms with Gasteiger partial charge < -0.3 is 14.5 Å². The van der Waals surface area contributed by atoms with Gasteiger partial charge in [-0.1, -0.05) is 30.3 Å². The van der Waals surface area contributed by atoms with E-state index in [0.29, 0.717) is 17.9 Å². The van der Waals surface area contributed by atoms with Crippen molar-refractivity contribution < 1.29 is 14.3 Å². The van der Waals surface area contributed by atoms with Gasteiger partial charge in [-0.25, -0.2) is 0 Å². The molecule has 1 saturated heterocycles. The third kappa shape index (κ3) is 2.76. The van der Waals surface area contributed by atoms with Gasteiger partial charge in [0.25, 0.3) is 5.91 Å². The lowest BCUT2D eigenvalue weighted by molar-refractivity contribution is -0.139. The maximum Gasteiger partial charge on any atom is 0.254 e. The Morgan fingerprint density at radius 2 is 2.00 bits per heavy atom. The van der Waals surface area contributed by atoms with Crippen LogP contribution in [0.1, 0.15) is 27.5 Å². The van der Waals surface area contributed by atoms with Gasteiger partial charge in [-0.05, 0) is 35.7 Å². The Morgan fingerprint density at radius 3 is 2.84 bits per heavy atom. The van der Waals surface area contributed by atoms with Crippen molar-refractivity contribution in [1.29, 1.82) is 0 Å². The van der Waals surface area contributed by atoms with E-state index < -0.39 is 0 Å². The number of piperazine rings is 1. The second kappa shape index (κ2) is 6.24. The fourth-order valence-electron chi connectivity index (χ4n) is 3.77. The molecule has 2 aromatic rings. The largest absolute Gasteiger partial charge is 0.497 e. The van der Waals surface area contributed by atoms with Crippen LogP contribution in [-0.2, 0) is 11.2 Å². The molecule has 0 spiro atoms. The first-order valence-corrected chi connectivity index (χ1v) is 8.48. The predicted molar refractivity (Wildman–Crippen MR) is 93.5 cm³/mol. The molecule has 2 aromatic carbocycles. The lowest BCUT2D eigenvalue weighted by Crippen LogP contribution is -2.55. The Hall–Kier alpha value is -2.82. The summed E-state index contributed by atoms with van der Waals surface area (Å²) in [6.45, 7) is 1.38. The van der Waals surface area contributed by atoms with Gasteiger partial charge in [0, 0.05) is 18.7 Å². The number of carbonyl (C=O) groups is 2. The highest BCUT2D eigenvalue weighted by molar-refractivity contribution is 5.97. The van der Waals surface area contributed by atoms with E-state index in [9.17, 15) is 9.59 Å². The molecule has 5 heteroatoms. The molecule has 2 amide bonds. The monoisotopic (exact) mass is 336 g/mol. The number of ether oxygens (including phenoxy) is 1. The molecule has 2 aliphatic heterocycles. The van der Waals surface area contributed by atoms with Crippen LogP contribution in [0.25, 0.3) is 0 Å². The van der Waals surface area contributed by atoms with Crippen molar-refractivity contribution in [2.24, 2.45) is 0 Å². The smallest absolute Gasteiger partial charge is 0.254 e. The second-order valence-electron chi connectivity index (χ2n) is 6.47. The number of nitrogens with zero attached hydrogens (tertiary/aromatic N) is 2. The molecule has 0 N–H and O–H groups in total. The number of hydrogen-bond acceptors (Lipinski definition) is 3. The van der Waals surface area contributed by atoms with E-state index in [1.54, 1.807) is 36.3 Å². The number of amides is 2. The van der Waals surface area contributed by atoms with Gasteiger partial charge in [0.1, 0.15) is 12.3 Å².